The molecule has 0 fully saturated rings. The van der Waals surface area contributed by atoms with Gasteiger partial charge in [0.2, 0.25) is 0 Å². The van der Waals surface area contributed by atoms with Crippen LogP contribution in [-0.4, -0.2) is 0 Å². The first-order valence-corrected chi connectivity index (χ1v) is 8.59. The Morgan fingerprint density at radius 2 is 1.48 bits per heavy atom. The molecule has 1 aromatic heterocycles. The lowest BCUT2D eigenvalue weighted by atomic mass is 10.1. The molecule has 0 saturated heterocycles. The predicted molar refractivity (Wildman–Crippen MR) is 101 cm³/mol. The second-order valence-corrected chi connectivity index (χ2v) is 6.54. The summed E-state index contributed by atoms with van der Waals surface area (Å²) in [5, 5.41) is 3.54. The van der Waals surface area contributed by atoms with Gasteiger partial charge in [0, 0.05) is 26.8 Å². The first-order valence-electron chi connectivity index (χ1n) is 7.71. The van der Waals surface area contributed by atoms with E-state index in [-0.39, 0.29) is 0 Å². The molecule has 23 heavy (non-hydrogen) atoms. The number of fused-ring (bicyclic) bond motifs is 1. The van der Waals surface area contributed by atoms with Gasteiger partial charge in [0.1, 0.15) is 0 Å². The first-order chi connectivity index (χ1) is 11.3. The Bertz CT molecular complexity index is 940. The summed E-state index contributed by atoms with van der Waals surface area (Å²) in [6.45, 7) is 2.14. The fourth-order valence-electron chi connectivity index (χ4n) is 2.91. The van der Waals surface area contributed by atoms with Crippen LogP contribution < -0.4 is 4.90 Å². The van der Waals surface area contributed by atoms with Gasteiger partial charge < -0.3 is 4.90 Å². The maximum absolute atomic E-state index is 2.34. The lowest BCUT2D eigenvalue weighted by Gasteiger charge is -2.25. The predicted octanol–water partition coefficient (Wildman–Crippen LogP) is 6.68. The van der Waals surface area contributed by atoms with Gasteiger partial charge in [-0.25, -0.2) is 0 Å². The summed E-state index contributed by atoms with van der Waals surface area (Å²) in [5.74, 6) is 0. The van der Waals surface area contributed by atoms with E-state index in [2.05, 4.69) is 96.1 Å². The summed E-state index contributed by atoms with van der Waals surface area (Å²) in [4.78, 5) is 2.34. The molecule has 0 radical (unpaired) electrons. The molecule has 4 aromatic rings. The van der Waals surface area contributed by atoms with E-state index >= 15 is 0 Å². The minimum Gasteiger partial charge on any atom is -0.309 e. The molecule has 0 atom stereocenters. The van der Waals surface area contributed by atoms with Crippen LogP contribution in [0.4, 0.5) is 17.1 Å². The Morgan fingerprint density at radius 1 is 0.739 bits per heavy atom. The highest BCUT2D eigenvalue weighted by atomic mass is 32.1. The molecule has 0 N–H and O–H groups in total. The van der Waals surface area contributed by atoms with E-state index in [1.165, 1.54) is 32.7 Å². The Morgan fingerprint density at radius 3 is 2.30 bits per heavy atom. The lowest BCUT2D eigenvalue weighted by Crippen LogP contribution is -2.09. The molecule has 0 amide bonds. The third kappa shape index (κ3) is 2.62. The van der Waals surface area contributed by atoms with E-state index in [0.29, 0.717) is 0 Å². The van der Waals surface area contributed by atoms with Crippen LogP contribution in [0.3, 0.4) is 0 Å². The van der Waals surface area contributed by atoms with Crippen molar-refractivity contribution >= 4 is 38.5 Å². The minimum absolute atomic E-state index is 1.18. The van der Waals surface area contributed by atoms with Gasteiger partial charge in [0.25, 0.3) is 0 Å². The molecule has 0 spiro atoms. The number of para-hydroxylation sites is 1. The van der Waals surface area contributed by atoms with Gasteiger partial charge in [-0.15, -0.1) is 11.3 Å². The zero-order chi connectivity index (χ0) is 15.6. The number of hydrogen-bond donors (Lipinski definition) is 0. The molecular weight excluding hydrogens is 298 g/mol. The zero-order valence-electron chi connectivity index (χ0n) is 12.9. The van der Waals surface area contributed by atoms with Crippen molar-refractivity contribution in [3.8, 4) is 0 Å². The number of nitrogens with zero attached hydrogens (tertiary/aromatic N) is 1. The van der Waals surface area contributed by atoms with Crippen molar-refractivity contribution in [1.29, 1.82) is 0 Å². The fourth-order valence-corrected chi connectivity index (χ4v) is 3.84. The van der Waals surface area contributed by atoms with Gasteiger partial charge >= 0.3 is 0 Å². The van der Waals surface area contributed by atoms with E-state index in [9.17, 15) is 0 Å². The largest absolute Gasteiger partial charge is 0.309 e. The van der Waals surface area contributed by atoms with Gasteiger partial charge in [0.15, 0.2) is 0 Å². The van der Waals surface area contributed by atoms with Crippen LogP contribution in [0.1, 0.15) is 5.56 Å². The van der Waals surface area contributed by atoms with E-state index in [4.69, 9.17) is 0 Å². The standard InChI is InChI=1S/C21H17NS/c1-16-8-7-11-18(14-16)22(17-9-3-2-4-10-17)20-15-23-21-13-6-5-12-19(20)21/h2-15H,1H3. The molecule has 1 nitrogen and oxygen atoms in total. The molecule has 1 heterocycles. The van der Waals surface area contributed by atoms with Crippen molar-refractivity contribution in [2.45, 2.75) is 6.92 Å². The number of thiophene rings is 1. The number of anilines is 3. The van der Waals surface area contributed by atoms with Crippen LogP contribution in [0.2, 0.25) is 0 Å². The van der Waals surface area contributed by atoms with Gasteiger partial charge in [-0.1, -0.05) is 48.5 Å². The monoisotopic (exact) mass is 315 g/mol. The third-order valence-electron chi connectivity index (χ3n) is 3.98. The van der Waals surface area contributed by atoms with Crippen LogP contribution >= 0.6 is 11.3 Å². The SMILES string of the molecule is Cc1cccc(N(c2ccccc2)c2csc3ccccc23)c1. The van der Waals surface area contributed by atoms with Crippen LogP contribution in [0, 0.1) is 6.92 Å². The Hall–Kier alpha value is -2.58. The topological polar surface area (TPSA) is 3.24 Å². The average molecular weight is 315 g/mol. The molecule has 0 unspecified atom stereocenters. The fraction of sp³-hybridized carbons (Fsp3) is 0.0476. The van der Waals surface area contributed by atoms with Crippen LogP contribution in [0.5, 0.6) is 0 Å². The summed E-state index contributed by atoms with van der Waals surface area (Å²) in [5.41, 5.74) is 4.88. The summed E-state index contributed by atoms with van der Waals surface area (Å²) in [7, 11) is 0. The maximum atomic E-state index is 2.34. The van der Waals surface area contributed by atoms with E-state index in [1.807, 2.05) is 0 Å². The van der Waals surface area contributed by atoms with Gasteiger partial charge in [0.05, 0.1) is 5.69 Å². The zero-order valence-corrected chi connectivity index (χ0v) is 13.8. The number of hydrogen-bond acceptors (Lipinski definition) is 2. The maximum Gasteiger partial charge on any atom is 0.0647 e. The molecule has 0 bridgehead atoms. The molecule has 112 valence electrons. The summed E-state index contributed by atoms with van der Waals surface area (Å²) in [6, 6.07) is 27.8. The van der Waals surface area contributed by atoms with E-state index in [1.54, 1.807) is 11.3 Å². The van der Waals surface area contributed by atoms with Crippen molar-refractivity contribution in [2.24, 2.45) is 0 Å². The first kappa shape index (κ1) is 14.0. The summed E-state index contributed by atoms with van der Waals surface area (Å²) in [6.07, 6.45) is 0. The highest BCUT2D eigenvalue weighted by Crippen LogP contribution is 2.41. The highest BCUT2D eigenvalue weighted by Gasteiger charge is 2.16. The van der Waals surface area contributed by atoms with Crippen molar-refractivity contribution in [1.82, 2.24) is 0 Å². The molecule has 2 heteroatoms. The Labute approximate surface area is 140 Å². The number of rotatable bonds is 3. The Balaban J connectivity index is 1.96. The van der Waals surface area contributed by atoms with Gasteiger partial charge in [-0.05, 0) is 42.8 Å². The molecule has 0 aliphatic heterocycles. The highest BCUT2D eigenvalue weighted by molar-refractivity contribution is 7.17. The number of aryl methyl sites for hydroxylation is 1. The summed E-state index contributed by atoms with van der Waals surface area (Å²) >= 11 is 1.79. The lowest BCUT2D eigenvalue weighted by molar-refractivity contribution is 1.29. The molecule has 0 aliphatic rings. The molecule has 0 aliphatic carbocycles. The second kappa shape index (κ2) is 5.90. The quantitative estimate of drug-likeness (QED) is 0.407. The van der Waals surface area contributed by atoms with Crippen molar-refractivity contribution in [2.75, 3.05) is 4.90 Å². The van der Waals surface area contributed by atoms with Crippen molar-refractivity contribution in [3.63, 3.8) is 0 Å². The average Bonchev–Trinajstić information content (AvgIpc) is 3.00. The minimum atomic E-state index is 1.18. The number of benzene rings is 3. The van der Waals surface area contributed by atoms with Gasteiger partial charge in [-0.2, -0.15) is 0 Å². The van der Waals surface area contributed by atoms with Crippen LogP contribution in [-0.2, 0) is 0 Å². The van der Waals surface area contributed by atoms with Crippen LogP contribution in [0.15, 0.2) is 84.2 Å². The molecular formula is C21H17NS. The summed E-state index contributed by atoms with van der Waals surface area (Å²) < 4.78 is 1.32. The van der Waals surface area contributed by atoms with Crippen LogP contribution in [0.25, 0.3) is 10.1 Å². The normalized spacial score (nSPS) is 10.8. The van der Waals surface area contributed by atoms with Gasteiger partial charge in [-0.3, -0.25) is 0 Å². The Kier molecular flexibility index (Phi) is 3.60. The van der Waals surface area contributed by atoms with E-state index in [0.717, 1.165) is 0 Å². The molecule has 0 saturated carbocycles. The third-order valence-corrected chi connectivity index (χ3v) is 4.93. The smallest absolute Gasteiger partial charge is 0.0647 e. The van der Waals surface area contributed by atoms with Crippen molar-refractivity contribution < 1.29 is 0 Å². The molecule has 3 aromatic carbocycles. The molecule has 4 rings (SSSR count). The van der Waals surface area contributed by atoms with Crippen molar-refractivity contribution in [3.05, 3.63) is 89.8 Å². The second-order valence-electron chi connectivity index (χ2n) is 5.63. The van der Waals surface area contributed by atoms with E-state index < -0.39 is 0 Å².